The molecule has 4 atom stereocenters. The first kappa shape index (κ1) is 28.6. The van der Waals surface area contributed by atoms with Gasteiger partial charge in [-0.1, -0.05) is 53.4 Å². The Morgan fingerprint density at radius 3 is 2.56 bits per heavy atom. The predicted molar refractivity (Wildman–Crippen MR) is 145 cm³/mol. The number of carbonyl (C=O) groups excluding carboxylic acids is 4. The Morgan fingerprint density at radius 1 is 1.23 bits per heavy atom. The van der Waals surface area contributed by atoms with Crippen LogP contribution in [0.1, 0.15) is 16.6 Å². The van der Waals surface area contributed by atoms with E-state index in [0.29, 0.717) is 9.90 Å². The van der Waals surface area contributed by atoms with Crippen molar-refractivity contribution in [2.45, 2.75) is 28.7 Å². The molecule has 2 saturated heterocycles. The third-order valence-electron chi connectivity index (χ3n) is 6.36. The number of fused-ring (bicyclic) bond motifs is 1. The number of aromatic nitrogens is 2. The van der Waals surface area contributed by atoms with E-state index in [1.54, 1.807) is 30.3 Å². The molecule has 2 aromatic rings. The highest BCUT2D eigenvalue weighted by Crippen LogP contribution is 2.44. The number of carbonyl (C=O) groups is 5. The second-order valence-electron chi connectivity index (χ2n) is 9.02. The average molecular weight is 594 g/mol. The van der Waals surface area contributed by atoms with E-state index in [2.05, 4.69) is 26.1 Å². The number of thioether (sulfide) groups is 2. The smallest absolute Gasteiger partial charge is 0.326 e. The van der Waals surface area contributed by atoms with Crippen molar-refractivity contribution in [1.29, 1.82) is 0 Å². The Morgan fingerprint density at radius 2 is 1.95 bits per heavy atom. The van der Waals surface area contributed by atoms with Crippen LogP contribution in [0.5, 0.6) is 0 Å². The number of nitrogens with one attached hydrogen (secondary N) is 3. The van der Waals surface area contributed by atoms with Crippen LogP contribution in [0.2, 0.25) is 0 Å². The summed E-state index contributed by atoms with van der Waals surface area (Å²) in [6, 6.07) is 4.92. The molecule has 208 valence electrons. The summed E-state index contributed by atoms with van der Waals surface area (Å²) in [6.07, 6.45) is 0. The van der Waals surface area contributed by atoms with Gasteiger partial charge in [0.05, 0.1) is 0 Å². The molecule has 0 bridgehead atoms. The molecule has 13 nitrogen and oxygen atoms in total. The van der Waals surface area contributed by atoms with E-state index in [4.69, 9.17) is 0 Å². The highest BCUT2D eigenvalue weighted by atomic mass is 32.2. The van der Waals surface area contributed by atoms with Crippen molar-refractivity contribution >= 4 is 64.7 Å². The maximum Gasteiger partial charge on any atom is 0.326 e. The lowest BCUT2D eigenvalue weighted by Gasteiger charge is -2.53. The second kappa shape index (κ2) is 11.8. The highest BCUT2D eigenvalue weighted by Gasteiger charge is 2.57. The molecule has 4 N–H and O–H groups in total. The van der Waals surface area contributed by atoms with Gasteiger partial charge in [-0.3, -0.25) is 14.4 Å². The van der Waals surface area contributed by atoms with E-state index in [0.717, 1.165) is 9.91 Å². The van der Waals surface area contributed by atoms with E-state index >= 15 is 0 Å². The van der Waals surface area contributed by atoms with Gasteiger partial charge in [-0.25, -0.2) is 14.5 Å². The van der Waals surface area contributed by atoms with Gasteiger partial charge >= 0.3 is 18.0 Å². The van der Waals surface area contributed by atoms with Crippen LogP contribution in [0.4, 0.5) is 9.59 Å². The number of hydrogen-bond donors (Lipinski definition) is 4. The van der Waals surface area contributed by atoms with Crippen LogP contribution in [-0.4, -0.2) is 98.5 Å². The summed E-state index contributed by atoms with van der Waals surface area (Å²) in [4.78, 5) is 65.4. The minimum Gasteiger partial charge on any atom is -0.481 e. The lowest BCUT2D eigenvalue weighted by Crippen LogP contribution is -2.74. The fourth-order valence-electron chi connectivity index (χ4n) is 4.11. The summed E-state index contributed by atoms with van der Waals surface area (Å²) < 4.78 is 0.663. The molecular weight excluding hydrogens is 566 g/mol. The first-order valence-electron chi connectivity index (χ1n) is 11.8. The molecule has 2 aliphatic rings. The summed E-state index contributed by atoms with van der Waals surface area (Å²) in [5.41, 5.74) is -0.719. The van der Waals surface area contributed by atoms with E-state index in [9.17, 15) is 29.1 Å². The number of β-lactam (4-membered cyclic amide) rings is 1. The number of nitrogens with zero attached hydrogens (tertiary/aromatic N) is 4. The Hall–Kier alpha value is -3.37. The number of hydrogen-bond acceptors (Lipinski definition) is 10. The number of aliphatic carboxylic acids is 1. The minimum atomic E-state index is -1.18. The quantitative estimate of drug-likeness (QED) is 0.257. The normalized spacial score (nSPS) is 22.6. The molecule has 39 heavy (non-hydrogen) atoms. The molecule has 3 heterocycles. The third kappa shape index (κ3) is 5.96. The number of carboxylic acids is 1. The number of rotatable bonds is 8. The topological polar surface area (TPSA) is 174 Å². The lowest BCUT2D eigenvalue weighted by atomic mass is 9.89. The number of amides is 6. The number of benzene rings is 1. The van der Waals surface area contributed by atoms with Crippen LogP contribution in [0.15, 0.2) is 34.7 Å². The number of imide groups is 1. The van der Waals surface area contributed by atoms with Crippen LogP contribution in [0.25, 0.3) is 0 Å². The molecule has 2 aliphatic heterocycles. The molecule has 16 heteroatoms. The van der Waals surface area contributed by atoms with E-state index < -0.39 is 52.7 Å². The highest BCUT2D eigenvalue weighted by molar-refractivity contribution is 8.01. The van der Waals surface area contributed by atoms with Crippen LogP contribution in [-0.2, 0) is 14.4 Å². The van der Waals surface area contributed by atoms with Gasteiger partial charge in [0.25, 0.3) is 0 Å². The summed E-state index contributed by atoms with van der Waals surface area (Å²) in [5, 5.41) is 26.0. The molecule has 0 radical (unpaired) electrons. The Labute approximate surface area is 236 Å². The van der Waals surface area contributed by atoms with Crippen molar-refractivity contribution in [3.05, 3.63) is 40.9 Å². The maximum atomic E-state index is 13.3. The van der Waals surface area contributed by atoms with Gasteiger partial charge in [-0.2, -0.15) is 0 Å². The van der Waals surface area contributed by atoms with E-state index in [1.807, 2.05) is 6.92 Å². The largest absolute Gasteiger partial charge is 0.481 e. The Balaban J connectivity index is 1.43. The van der Waals surface area contributed by atoms with Gasteiger partial charge < -0.3 is 26.0 Å². The van der Waals surface area contributed by atoms with Gasteiger partial charge in [0.15, 0.2) is 4.34 Å². The van der Waals surface area contributed by atoms with Crippen molar-refractivity contribution < 1.29 is 29.1 Å². The van der Waals surface area contributed by atoms with Crippen LogP contribution in [0, 0.1) is 12.3 Å². The third-order valence-corrected chi connectivity index (χ3v) is 10.2. The molecule has 0 saturated carbocycles. The van der Waals surface area contributed by atoms with Gasteiger partial charge in [-0.15, -0.1) is 22.0 Å². The van der Waals surface area contributed by atoms with Crippen molar-refractivity contribution in [3.63, 3.8) is 0 Å². The number of carboxylic acid groups (broad SMARTS) is 1. The summed E-state index contributed by atoms with van der Waals surface area (Å²) in [5.74, 6) is -1.57. The first-order valence-corrected chi connectivity index (χ1v) is 14.6. The molecule has 0 spiro atoms. The Kier molecular flexibility index (Phi) is 8.66. The molecule has 3 unspecified atom stereocenters. The molecule has 0 aliphatic carbocycles. The molecule has 6 amide bonds. The zero-order chi connectivity index (χ0) is 28.3. The standard InChI is InChI=1S/C23H27N7O6S3/c1-12-27-28-22(39-12)38-11-23(19(33)34)9-30-17(32)15(18(30)37-10-23)25-16(31)14(13-7-5-4-6-8-13)26-21(36)29(3)20(35)24-2/h4-8,14-15,18H,9-11H2,1-3H3,(H,24,35)(H,25,31)(H,26,36)(H,33,34)/t14?,15?,18-,23?/m1/s1. The predicted octanol–water partition coefficient (Wildman–Crippen LogP) is 1.13. The minimum absolute atomic E-state index is 0.00572. The second-order valence-corrected chi connectivity index (χ2v) is 12.5. The SMILES string of the molecule is CNC(=O)N(C)C(=O)NC(C(=O)NC1C(=O)N2CC(CSc3nnc(C)s3)(C(=O)O)CS[C@H]12)c1ccccc1. The molecule has 1 aromatic heterocycles. The fourth-order valence-corrected chi connectivity index (χ4v) is 7.78. The maximum absolute atomic E-state index is 13.3. The van der Waals surface area contributed by atoms with Gasteiger partial charge in [-0.05, 0) is 12.5 Å². The van der Waals surface area contributed by atoms with Gasteiger partial charge in [0, 0.05) is 32.1 Å². The van der Waals surface area contributed by atoms with Gasteiger partial charge in [0.1, 0.15) is 27.9 Å². The summed E-state index contributed by atoms with van der Waals surface area (Å²) >= 11 is 3.97. The zero-order valence-electron chi connectivity index (χ0n) is 21.2. The van der Waals surface area contributed by atoms with Gasteiger partial charge in [0.2, 0.25) is 11.8 Å². The van der Waals surface area contributed by atoms with Crippen molar-refractivity contribution in [3.8, 4) is 0 Å². The summed E-state index contributed by atoms with van der Waals surface area (Å²) in [6.45, 7) is 1.82. The summed E-state index contributed by atoms with van der Waals surface area (Å²) in [7, 11) is 2.64. The van der Waals surface area contributed by atoms with Crippen molar-refractivity contribution in [2.24, 2.45) is 5.41 Å². The van der Waals surface area contributed by atoms with Crippen molar-refractivity contribution in [2.75, 3.05) is 32.1 Å². The zero-order valence-corrected chi connectivity index (χ0v) is 23.7. The molecule has 2 fully saturated rings. The number of aryl methyl sites for hydroxylation is 1. The number of urea groups is 2. The van der Waals surface area contributed by atoms with E-state index in [1.165, 1.54) is 53.9 Å². The lowest BCUT2D eigenvalue weighted by molar-refractivity contribution is -0.157. The van der Waals surface area contributed by atoms with Crippen LogP contribution < -0.4 is 16.0 Å². The molecular formula is C23H27N7O6S3. The van der Waals surface area contributed by atoms with E-state index in [-0.39, 0.29) is 18.1 Å². The first-order chi connectivity index (χ1) is 18.6. The van der Waals surface area contributed by atoms with Crippen LogP contribution >= 0.6 is 34.9 Å². The Bertz CT molecular complexity index is 1280. The van der Waals surface area contributed by atoms with Crippen LogP contribution in [0.3, 0.4) is 0 Å². The fraction of sp³-hybridized carbons (Fsp3) is 0.435. The van der Waals surface area contributed by atoms with Crippen molar-refractivity contribution in [1.82, 2.24) is 35.9 Å². The average Bonchev–Trinajstić information content (AvgIpc) is 3.37. The monoisotopic (exact) mass is 593 g/mol. The molecule has 4 rings (SSSR count). The molecule has 1 aromatic carbocycles.